The average Bonchev–Trinajstić information content (AvgIpc) is 2.32. The minimum atomic E-state index is -2.33. The van der Waals surface area contributed by atoms with E-state index in [2.05, 4.69) is 9.89 Å². The van der Waals surface area contributed by atoms with Crippen LogP contribution < -0.4 is 0 Å². The number of benzene rings is 1. The van der Waals surface area contributed by atoms with Crippen molar-refractivity contribution in [2.45, 2.75) is 5.75 Å². The molecule has 0 spiro atoms. The van der Waals surface area contributed by atoms with E-state index in [1.54, 1.807) is 0 Å². The van der Waals surface area contributed by atoms with E-state index in [0.29, 0.717) is 5.56 Å². The van der Waals surface area contributed by atoms with Crippen molar-refractivity contribution in [3.63, 3.8) is 0 Å². The first-order valence-corrected chi connectivity index (χ1v) is 6.26. The number of carbonyl (C=O) groups is 1. The lowest BCUT2D eigenvalue weighted by Crippen LogP contribution is -2.07. The molecule has 1 aromatic rings. The highest BCUT2D eigenvalue weighted by atomic mass is 35.5. The normalized spacial score (nSPS) is 12.6. The molecule has 98 valence electrons. The maximum absolute atomic E-state index is 11.4. The molecule has 0 amide bonds. The van der Waals surface area contributed by atoms with Crippen LogP contribution in [0.15, 0.2) is 17.3 Å². The second-order valence-corrected chi connectivity index (χ2v) is 4.46. The Kier molecular flexibility index (Phi) is 5.26. The second-order valence-electron chi connectivity index (χ2n) is 3.18. The van der Waals surface area contributed by atoms with Gasteiger partial charge in [0.05, 0.1) is 23.9 Å². The standard InChI is InChI=1S/C10H10ClNO5S/c1-17-10(13)7-3-2-6(5-18(15)16)8(4-12-14)9(7)11/h2-4,14H,5H2,1H3,(H,15,16)/p-1. The molecule has 0 saturated heterocycles. The molecule has 1 aromatic carbocycles. The van der Waals surface area contributed by atoms with E-state index in [4.69, 9.17) is 16.8 Å². The number of nitrogens with zero attached hydrogens (tertiary/aromatic N) is 1. The van der Waals surface area contributed by atoms with Crippen LogP contribution in [0.3, 0.4) is 0 Å². The largest absolute Gasteiger partial charge is 0.772 e. The van der Waals surface area contributed by atoms with Gasteiger partial charge in [0, 0.05) is 11.3 Å². The van der Waals surface area contributed by atoms with Crippen molar-refractivity contribution in [2.24, 2.45) is 5.16 Å². The van der Waals surface area contributed by atoms with Crippen molar-refractivity contribution in [2.75, 3.05) is 7.11 Å². The zero-order valence-electron chi connectivity index (χ0n) is 9.25. The van der Waals surface area contributed by atoms with Gasteiger partial charge in [-0.05, 0) is 11.6 Å². The van der Waals surface area contributed by atoms with Crippen molar-refractivity contribution in [1.29, 1.82) is 0 Å². The maximum atomic E-state index is 11.4. The zero-order chi connectivity index (χ0) is 13.7. The molecule has 1 unspecified atom stereocenters. The molecule has 1 N–H and O–H groups in total. The van der Waals surface area contributed by atoms with Gasteiger partial charge in [0.2, 0.25) is 0 Å². The summed E-state index contributed by atoms with van der Waals surface area (Å²) in [5.41, 5.74) is 0.541. The first-order chi connectivity index (χ1) is 8.51. The maximum Gasteiger partial charge on any atom is 0.339 e. The number of hydrogen-bond donors (Lipinski definition) is 1. The summed E-state index contributed by atoms with van der Waals surface area (Å²) in [7, 11) is 1.19. The summed E-state index contributed by atoms with van der Waals surface area (Å²) < 4.78 is 25.9. The SMILES string of the molecule is COC(=O)c1ccc(CS(=O)[O-])c(C=NO)c1Cl. The van der Waals surface area contributed by atoms with Gasteiger partial charge in [0.1, 0.15) is 0 Å². The number of rotatable bonds is 4. The van der Waals surface area contributed by atoms with Gasteiger partial charge in [-0.3, -0.25) is 4.21 Å². The van der Waals surface area contributed by atoms with Gasteiger partial charge >= 0.3 is 5.97 Å². The van der Waals surface area contributed by atoms with Crippen LogP contribution in [0.5, 0.6) is 0 Å². The molecule has 0 heterocycles. The minimum Gasteiger partial charge on any atom is -0.772 e. The fourth-order valence-corrected chi connectivity index (χ4v) is 2.17. The van der Waals surface area contributed by atoms with Crippen LogP contribution in [0.2, 0.25) is 5.02 Å². The number of oxime groups is 1. The summed E-state index contributed by atoms with van der Waals surface area (Å²) in [6.45, 7) is 0. The molecule has 0 aliphatic carbocycles. The summed E-state index contributed by atoms with van der Waals surface area (Å²) in [5.74, 6) is -0.968. The predicted octanol–water partition coefficient (Wildman–Crippen LogP) is 1.31. The highest BCUT2D eigenvalue weighted by Crippen LogP contribution is 2.25. The topological polar surface area (TPSA) is 99.0 Å². The van der Waals surface area contributed by atoms with Crippen LogP contribution in [0, 0.1) is 0 Å². The van der Waals surface area contributed by atoms with Crippen LogP contribution in [0.4, 0.5) is 0 Å². The fraction of sp³-hybridized carbons (Fsp3) is 0.200. The number of hydrogen-bond acceptors (Lipinski definition) is 6. The third-order valence-electron chi connectivity index (χ3n) is 2.14. The fourth-order valence-electron chi connectivity index (χ4n) is 1.35. The Balaban J connectivity index is 3.36. The van der Waals surface area contributed by atoms with E-state index in [-0.39, 0.29) is 21.9 Å². The van der Waals surface area contributed by atoms with Gasteiger partial charge in [0.25, 0.3) is 0 Å². The third-order valence-corrected chi connectivity index (χ3v) is 3.09. The molecule has 0 aromatic heterocycles. The number of carbonyl (C=O) groups excluding carboxylic acids is 1. The lowest BCUT2D eigenvalue weighted by Gasteiger charge is -2.12. The van der Waals surface area contributed by atoms with Gasteiger partial charge in [-0.2, -0.15) is 0 Å². The lowest BCUT2D eigenvalue weighted by atomic mass is 10.1. The monoisotopic (exact) mass is 290 g/mol. The van der Waals surface area contributed by atoms with E-state index < -0.39 is 17.0 Å². The van der Waals surface area contributed by atoms with Gasteiger partial charge in [-0.15, -0.1) is 0 Å². The number of esters is 1. The number of halogens is 1. The molecule has 0 radical (unpaired) electrons. The lowest BCUT2D eigenvalue weighted by molar-refractivity contribution is 0.0601. The summed E-state index contributed by atoms with van der Waals surface area (Å²) in [5, 5.41) is 11.3. The molecular formula is C10H9ClNO5S-. The van der Waals surface area contributed by atoms with Gasteiger partial charge in [-0.25, -0.2) is 4.79 Å². The van der Waals surface area contributed by atoms with Crippen LogP contribution in [0.25, 0.3) is 0 Å². The Morgan fingerprint density at radius 1 is 1.67 bits per heavy atom. The summed E-state index contributed by atoms with van der Waals surface area (Å²) >= 11 is 3.62. The summed E-state index contributed by atoms with van der Waals surface area (Å²) in [6, 6.07) is 2.76. The molecule has 18 heavy (non-hydrogen) atoms. The third kappa shape index (κ3) is 3.28. The molecule has 0 saturated carbocycles. The van der Waals surface area contributed by atoms with Crippen LogP contribution in [0.1, 0.15) is 21.5 Å². The van der Waals surface area contributed by atoms with Crippen molar-refractivity contribution < 1.29 is 23.5 Å². The quantitative estimate of drug-likeness (QED) is 0.296. The van der Waals surface area contributed by atoms with E-state index in [1.165, 1.54) is 19.2 Å². The van der Waals surface area contributed by atoms with Crippen molar-refractivity contribution in [3.8, 4) is 0 Å². The minimum absolute atomic E-state index is 0.0254. The van der Waals surface area contributed by atoms with Crippen LogP contribution in [-0.2, 0) is 21.6 Å². The molecule has 0 aliphatic rings. The molecule has 6 nitrogen and oxygen atoms in total. The molecular weight excluding hydrogens is 282 g/mol. The van der Waals surface area contributed by atoms with Crippen molar-refractivity contribution in [1.82, 2.24) is 0 Å². The van der Waals surface area contributed by atoms with Crippen LogP contribution >= 0.6 is 11.6 Å². The Morgan fingerprint density at radius 3 is 2.83 bits per heavy atom. The predicted molar refractivity (Wildman–Crippen MR) is 64.8 cm³/mol. The smallest absolute Gasteiger partial charge is 0.339 e. The van der Waals surface area contributed by atoms with Gasteiger partial charge < -0.3 is 14.5 Å². The molecule has 8 heteroatoms. The highest BCUT2D eigenvalue weighted by Gasteiger charge is 2.16. The molecule has 1 atom stereocenters. The highest BCUT2D eigenvalue weighted by molar-refractivity contribution is 7.78. The van der Waals surface area contributed by atoms with E-state index in [0.717, 1.165) is 6.21 Å². The number of ether oxygens (including phenoxy) is 1. The van der Waals surface area contributed by atoms with Crippen molar-refractivity contribution >= 4 is 34.9 Å². The van der Waals surface area contributed by atoms with E-state index >= 15 is 0 Å². The molecule has 0 fully saturated rings. The Morgan fingerprint density at radius 2 is 2.33 bits per heavy atom. The first-order valence-electron chi connectivity index (χ1n) is 4.64. The first kappa shape index (κ1) is 14.6. The van der Waals surface area contributed by atoms with E-state index in [9.17, 15) is 13.6 Å². The Bertz CT molecular complexity index is 517. The van der Waals surface area contributed by atoms with Crippen LogP contribution in [-0.4, -0.2) is 33.3 Å². The average molecular weight is 291 g/mol. The Labute approximate surface area is 110 Å². The summed E-state index contributed by atoms with van der Waals surface area (Å²) in [4.78, 5) is 11.4. The van der Waals surface area contributed by atoms with E-state index in [1.807, 2.05) is 0 Å². The molecule has 0 bridgehead atoms. The second kappa shape index (κ2) is 6.48. The van der Waals surface area contributed by atoms with Crippen molar-refractivity contribution in [3.05, 3.63) is 33.8 Å². The zero-order valence-corrected chi connectivity index (χ0v) is 10.8. The molecule has 1 rings (SSSR count). The van der Waals surface area contributed by atoms with Gasteiger partial charge in [-0.1, -0.05) is 33.9 Å². The Hall–Kier alpha value is -1.44. The number of methoxy groups -OCH3 is 1. The van der Waals surface area contributed by atoms with Gasteiger partial charge in [0.15, 0.2) is 0 Å². The summed E-state index contributed by atoms with van der Waals surface area (Å²) in [6.07, 6.45) is 0.969. The molecule has 0 aliphatic heterocycles.